The maximum absolute atomic E-state index is 9.75. The molecule has 2 aromatic rings. The van der Waals surface area contributed by atoms with Crippen molar-refractivity contribution >= 4 is 0 Å². The predicted molar refractivity (Wildman–Crippen MR) is 84.4 cm³/mol. The average molecular weight is 304 g/mol. The van der Waals surface area contributed by atoms with Crippen molar-refractivity contribution in [3.8, 4) is 5.69 Å². The molecule has 1 atom stereocenters. The highest BCUT2D eigenvalue weighted by Gasteiger charge is 2.16. The van der Waals surface area contributed by atoms with Crippen molar-refractivity contribution < 1.29 is 9.84 Å². The standard InChI is InChI=1S/C16H24N4O2/c1-5-12-7-6-8-14(9-12)20-11-13(18-19-20)10-17-15(21)22-16(2,3)4/h6-9,11,15,17,21H,5,10H2,1-4H3. The molecule has 0 bridgehead atoms. The second kappa shape index (κ2) is 7.00. The molecule has 0 aliphatic heterocycles. The Hall–Kier alpha value is -1.76. The first kappa shape index (κ1) is 16.6. The number of aliphatic hydroxyl groups is 1. The normalized spacial score (nSPS) is 13.3. The van der Waals surface area contributed by atoms with Crippen molar-refractivity contribution in [2.75, 3.05) is 0 Å². The summed E-state index contributed by atoms with van der Waals surface area (Å²) in [5.74, 6) is 0. The first-order valence-electron chi connectivity index (χ1n) is 7.47. The molecule has 1 aromatic heterocycles. The van der Waals surface area contributed by atoms with Gasteiger partial charge in [0.2, 0.25) is 6.41 Å². The van der Waals surface area contributed by atoms with E-state index in [2.05, 4.69) is 34.7 Å². The van der Waals surface area contributed by atoms with E-state index in [1.54, 1.807) is 4.68 Å². The number of hydrogen-bond donors (Lipinski definition) is 2. The van der Waals surface area contributed by atoms with Crippen LogP contribution in [0.25, 0.3) is 5.69 Å². The highest BCUT2D eigenvalue weighted by atomic mass is 16.6. The monoisotopic (exact) mass is 304 g/mol. The summed E-state index contributed by atoms with van der Waals surface area (Å²) in [4.78, 5) is 0. The van der Waals surface area contributed by atoms with Gasteiger partial charge < -0.3 is 9.84 Å². The Bertz CT molecular complexity index is 604. The summed E-state index contributed by atoms with van der Waals surface area (Å²) in [5.41, 5.74) is 2.55. The highest BCUT2D eigenvalue weighted by Crippen LogP contribution is 2.11. The lowest BCUT2D eigenvalue weighted by molar-refractivity contribution is -0.182. The third kappa shape index (κ3) is 4.91. The van der Waals surface area contributed by atoms with Gasteiger partial charge >= 0.3 is 0 Å². The molecule has 6 heteroatoms. The van der Waals surface area contributed by atoms with Crippen molar-refractivity contribution in [3.05, 3.63) is 41.7 Å². The molecule has 2 rings (SSSR count). The van der Waals surface area contributed by atoms with Crippen LogP contribution in [-0.4, -0.2) is 32.1 Å². The highest BCUT2D eigenvalue weighted by molar-refractivity contribution is 5.35. The Balaban J connectivity index is 1.96. The zero-order chi connectivity index (χ0) is 16.2. The summed E-state index contributed by atoms with van der Waals surface area (Å²) in [6.45, 7) is 8.15. The van der Waals surface area contributed by atoms with Gasteiger partial charge in [-0.05, 0) is 44.9 Å². The first-order valence-corrected chi connectivity index (χ1v) is 7.47. The molecule has 0 fully saturated rings. The molecule has 1 heterocycles. The van der Waals surface area contributed by atoms with Crippen LogP contribution >= 0.6 is 0 Å². The zero-order valence-electron chi connectivity index (χ0n) is 13.6. The fraction of sp³-hybridized carbons (Fsp3) is 0.500. The minimum absolute atomic E-state index is 0.380. The molecule has 120 valence electrons. The lowest BCUT2D eigenvalue weighted by Crippen LogP contribution is -2.37. The molecule has 0 radical (unpaired) electrons. The van der Waals surface area contributed by atoms with Gasteiger partial charge in [-0.2, -0.15) is 0 Å². The quantitative estimate of drug-likeness (QED) is 0.799. The molecule has 0 amide bonds. The van der Waals surface area contributed by atoms with Gasteiger partial charge in [-0.3, -0.25) is 5.32 Å². The number of aromatic nitrogens is 3. The van der Waals surface area contributed by atoms with Crippen LogP contribution in [-0.2, 0) is 17.7 Å². The van der Waals surface area contributed by atoms with Crippen molar-refractivity contribution in [2.45, 2.75) is 52.7 Å². The van der Waals surface area contributed by atoms with Gasteiger partial charge in [0, 0.05) is 6.54 Å². The van der Waals surface area contributed by atoms with Gasteiger partial charge in [0.25, 0.3) is 0 Å². The van der Waals surface area contributed by atoms with E-state index in [0.29, 0.717) is 6.54 Å². The predicted octanol–water partition coefficient (Wildman–Crippen LogP) is 2.01. The van der Waals surface area contributed by atoms with Gasteiger partial charge in [0.15, 0.2) is 0 Å². The molecule has 22 heavy (non-hydrogen) atoms. The van der Waals surface area contributed by atoms with E-state index in [4.69, 9.17) is 4.74 Å². The summed E-state index contributed by atoms with van der Waals surface area (Å²) >= 11 is 0. The molecular formula is C16H24N4O2. The zero-order valence-corrected chi connectivity index (χ0v) is 13.6. The minimum Gasteiger partial charge on any atom is -0.356 e. The maximum atomic E-state index is 9.75. The van der Waals surface area contributed by atoms with E-state index in [9.17, 15) is 5.11 Å². The Morgan fingerprint density at radius 2 is 2.14 bits per heavy atom. The van der Waals surface area contributed by atoms with Crippen molar-refractivity contribution in [2.24, 2.45) is 0 Å². The second-order valence-corrected chi connectivity index (χ2v) is 6.14. The van der Waals surface area contributed by atoms with Crippen LogP contribution in [0.1, 0.15) is 39.0 Å². The third-order valence-corrected chi connectivity index (χ3v) is 3.05. The largest absolute Gasteiger partial charge is 0.356 e. The molecule has 1 aromatic carbocycles. The lowest BCUT2D eigenvalue weighted by Gasteiger charge is -2.24. The summed E-state index contributed by atoms with van der Waals surface area (Å²) < 4.78 is 7.10. The Morgan fingerprint density at radius 1 is 1.36 bits per heavy atom. The molecule has 0 aliphatic carbocycles. The molecule has 0 saturated carbocycles. The van der Waals surface area contributed by atoms with E-state index < -0.39 is 12.0 Å². The number of nitrogens with one attached hydrogen (secondary N) is 1. The van der Waals surface area contributed by atoms with Gasteiger partial charge in [0.05, 0.1) is 23.2 Å². The van der Waals surface area contributed by atoms with E-state index in [-0.39, 0.29) is 0 Å². The fourth-order valence-electron chi connectivity index (χ4n) is 1.99. The average Bonchev–Trinajstić information content (AvgIpc) is 2.92. The summed E-state index contributed by atoms with van der Waals surface area (Å²) in [5, 5.41) is 20.8. The van der Waals surface area contributed by atoms with Gasteiger partial charge in [0.1, 0.15) is 0 Å². The van der Waals surface area contributed by atoms with Crippen LogP contribution in [0.15, 0.2) is 30.5 Å². The van der Waals surface area contributed by atoms with Gasteiger partial charge in [-0.1, -0.05) is 24.3 Å². The number of hydrogen-bond acceptors (Lipinski definition) is 5. The van der Waals surface area contributed by atoms with E-state index in [0.717, 1.165) is 17.8 Å². The topological polar surface area (TPSA) is 72.2 Å². The van der Waals surface area contributed by atoms with Crippen molar-refractivity contribution in [3.63, 3.8) is 0 Å². The van der Waals surface area contributed by atoms with E-state index in [1.807, 2.05) is 39.1 Å². The Morgan fingerprint density at radius 3 is 2.82 bits per heavy atom. The Kier molecular flexibility index (Phi) is 5.28. The molecule has 6 nitrogen and oxygen atoms in total. The molecule has 0 spiro atoms. The van der Waals surface area contributed by atoms with E-state index >= 15 is 0 Å². The molecule has 1 unspecified atom stereocenters. The van der Waals surface area contributed by atoms with Gasteiger partial charge in [-0.15, -0.1) is 5.10 Å². The van der Waals surface area contributed by atoms with Crippen LogP contribution in [0.5, 0.6) is 0 Å². The minimum atomic E-state index is -1.03. The van der Waals surface area contributed by atoms with Crippen LogP contribution in [0.3, 0.4) is 0 Å². The molecular weight excluding hydrogens is 280 g/mol. The number of ether oxygens (including phenoxy) is 1. The summed E-state index contributed by atoms with van der Waals surface area (Å²) in [6.07, 6.45) is 1.78. The molecule has 0 aliphatic rings. The maximum Gasteiger partial charge on any atom is 0.214 e. The number of nitrogens with zero attached hydrogens (tertiary/aromatic N) is 3. The summed E-state index contributed by atoms with van der Waals surface area (Å²) in [7, 11) is 0. The number of benzene rings is 1. The number of aryl methyl sites for hydroxylation is 1. The fourth-order valence-corrected chi connectivity index (χ4v) is 1.99. The SMILES string of the molecule is CCc1cccc(-n2cc(CNC(O)OC(C)(C)C)nn2)c1. The van der Waals surface area contributed by atoms with Crippen LogP contribution in [0.4, 0.5) is 0 Å². The van der Waals surface area contributed by atoms with Crippen molar-refractivity contribution in [1.82, 2.24) is 20.3 Å². The van der Waals surface area contributed by atoms with Crippen LogP contribution < -0.4 is 5.32 Å². The molecule has 2 N–H and O–H groups in total. The lowest BCUT2D eigenvalue weighted by atomic mass is 10.1. The van der Waals surface area contributed by atoms with E-state index in [1.165, 1.54) is 5.56 Å². The number of aliphatic hydroxyl groups excluding tert-OH is 1. The molecule has 0 saturated heterocycles. The first-order chi connectivity index (χ1) is 10.4. The van der Waals surface area contributed by atoms with Crippen LogP contribution in [0, 0.1) is 0 Å². The second-order valence-electron chi connectivity index (χ2n) is 6.14. The van der Waals surface area contributed by atoms with Crippen molar-refractivity contribution in [1.29, 1.82) is 0 Å². The summed E-state index contributed by atoms with van der Waals surface area (Å²) in [6, 6.07) is 8.17. The van der Waals surface area contributed by atoms with Crippen LogP contribution in [0.2, 0.25) is 0 Å². The third-order valence-electron chi connectivity index (χ3n) is 3.05. The number of rotatable bonds is 6. The van der Waals surface area contributed by atoms with Gasteiger partial charge in [-0.25, -0.2) is 4.68 Å². The Labute approximate surface area is 131 Å². The smallest absolute Gasteiger partial charge is 0.214 e.